The first kappa shape index (κ1) is 15.8. The summed E-state index contributed by atoms with van der Waals surface area (Å²) in [5.74, 6) is 1.70. The standard InChI is InChI=1S/C19H20N4O2S/c1-13(14-4-5-16-17(11-14)25-12-24-16)22-7-9-23(10-8-22)19-21-15-3-2-6-20-18(15)26-19/h2-6,11,13H,7-10,12H2,1H3. The minimum atomic E-state index is 0.322. The van der Waals surface area contributed by atoms with E-state index in [1.165, 1.54) is 5.56 Å². The van der Waals surface area contributed by atoms with Crippen LogP contribution in [0.1, 0.15) is 18.5 Å². The van der Waals surface area contributed by atoms with Crippen molar-refractivity contribution < 1.29 is 9.47 Å². The Balaban J connectivity index is 1.27. The van der Waals surface area contributed by atoms with Crippen LogP contribution in [-0.2, 0) is 0 Å². The third-order valence-corrected chi connectivity index (χ3v) is 6.21. The summed E-state index contributed by atoms with van der Waals surface area (Å²) in [6.45, 7) is 6.57. The summed E-state index contributed by atoms with van der Waals surface area (Å²) in [7, 11) is 0. The quantitative estimate of drug-likeness (QED) is 0.707. The van der Waals surface area contributed by atoms with Gasteiger partial charge in [0.25, 0.3) is 0 Å². The van der Waals surface area contributed by atoms with Gasteiger partial charge in [0.1, 0.15) is 10.3 Å². The van der Waals surface area contributed by atoms with E-state index in [0.29, 0.717) is 12.8 Å². The summed E-state index contributed by atoms with van der Waals surface area (Å²) in [4.78, 5) is 15.0. The predicted molar refractivity (Wildman–Crippen MR) is 102 cm³/mol. The van der Waals surface area contributed by atoms with Gasteiger partial charge in [-0.1, -0.05) is 17.4 Å². The maximum Gasteiger partial charge on any atom is 0.231 e. The van der Waals surface area contributed by atoms with Gasteiger partial charge in [-0.25, -0.2) is 9.97 Å². The molecule has 0 saturated carbocycles. The largest absolute Gasteiger partial charge is 0.454 e. The van der Waals surface area contributed by atoms with Crippen molar-refractivity contribution >= 4 is 26.8 Å². The monoisotopic (exact) mass is 368 g/mol. The first-order valence-electron chi connectivity index (χ1n) is 8.88. The van der Waals surface area contributed by atoms with Crippen molar-refractivity contribution in [1.82, 2.24) is 14.9 Å². The normalized spacial score (nSPS) is 18.4. The van der Waals surface area contributed by atoms with Gasteiger partial charge in [0, 0.05) is 38.4 Å². The molecule has 1 aromatic carbocycles. The van der Waals surface area contributed by atoms with Gasteiger partial charge in [0.2, 0.25) is 6.79 Å². The van der Waals surface area contributed by atoms with Crippen molar-refractivity contribution in [2.75, 3.05) is 37.9 Å². The van der Waals surface area contributed by atoms with Crippen molar-refractivity contribution in [2.24, 2.45) is 0 Å². The summed E-state index contributed by atoms with van der Waals surface area (Å²) in [5, 5.41) is 1.08. The highest BCUT2D eigenvalue weighted by Gasteiger charge is 2.25. The van der Waals surface area contributed by atoms with Gasteiger partial charge >= 0.3 is 0 Å². The highest BCUT2D eigenvalue weighted by atomic mass is 32.1. The molecule has 134 valence electrons. The smallest absolute Gasteiger partial charge is 0.231 e. The van der Waals surface area contributed by atoms with Crippen LogP contribution in [0.25, 0.3) is 10.3 Å². The molecule has 7 heteroatoms. The second-order valence-corrected chi connectivity index (χ2v) is 7.59. The fourth-order valence-corrected chi connectivity index (χ4v) is 4.54. The number of ether oxygens (including phenoxy) is 2. The minimum Gasteiger partial charge on any atom is -0.454 e. The second kappa shape index (κ2) is 6.41. The molecule has 0 spiro atoms. The molecular weight excluding hydrogens is 348 g/mol. The van der Waals surface area contributed by atoms with E-state index in [0.717, 1.165) is 53.2 Å². The molecule has 2 aliphatic heterocycles. The maximum absolute atomic E-state index is 5.52. The molecular formula is C19H20N4O2S. The van der Waals surface area contributed by atoms with Crippen LogP contribution in [0.2, 0.25) is 0 Å². The van der Waals surface area contributed by atoms with Crippen LogP contribution in [0, 0.1) is 0 Å². The van der Waals surface area contributed by atoms with Crippen molar-refractivity contribution in [3.8, 4) is 11.5 Å². The third-order valence-electron chi connectivity index (χ3n) is 5.17. The number of rotatable bonds is 3. The molecule has 26 heavy (non-hydrogen) atoms. The lowest BCUT2D eigenvalue weighted by molar-refractivity contribution is 0.173. The molecule has 0 bridgehead atoms. The number of nitrogens with zero attached hydrogens (tertiary/aromatic N) is 4. The van der Waals surface area contributed by atoms with E-state index < -0.39 is 0 Å². The molecule has 1 atom stereocenters. The van der Waals surface area contributed by atoms with Crippen molar-refractivity contribution in [2.45, 2.75) is 13.0 Å². The summed E-state index contributed by atoms with van der Waals surface area (Å²) in [6, 6.07) is 10.6. The first-order valence-corrected chi connectivity index (χ1v) is 9.70. The molecule has 0 amide bonds. The highest BCUT2D eigenvalue weighted by Crippen LogP contribution is 2.36. The molecule has 0 aliphatic carbocycles. The lowest BCUT2D eigenvalue weighted by atomic mass is 10.1. The van der Waals surface area contributed by atoms with Gasteiger partial charge in [0.15, 0.2) is 16.6 Å². The lowest BCUT2D eigenvalue weighted by Gasteiger charge is -2.38. The van der Waals surface area contributed by atoms with E-state index in [9.17, 15) is 0 Å². The number of hydrogen-bond donors (Lipinski definition) is 0. The van der Waals surface area contributed by atoms with Crippen LogP contribution in [0.5, 0.6) is 11.5 Å². The van der Waals surface area contributed by atoms with Crippen LogP contribution in [-0.4, -0.2) is 47.8 Å². The number of anilines is 1. The van der Waals surface area contributed by atoms with Gasteiger partial charge in [0.05, 0.1) is 0 Å². The molecule has 1 saturated heterocycles. The fraction of sp³-hybridized carbons (Fsp3) is 0.368. The molecule has 1 unspecified atom stereocenters. The molecule has 2 aliphatic rings. The highest BCUT2D eigenvalue weighted by molar-refractivity contribution is 7.21. The zero-order valence-electron chi connectivity index (χ0n) is 14.6. The number of thiazole rings is 1. The summed E-state index contributed by atoms with van der Waals surface area (Å²) in [6.07, 6.45) is 1.83. The Morgan fingerprint density at radius 1 is 1.08 bits per heavy atom. The second-order valence-electron chi connectivity index (χ2n) is 6.64. The SMILES string of the molecule is CC(c1ccc2c(c1)OCO2)N1CCN(c2nc3cccnc3s2)CC1. The Hall–Kier alpha value is -2.38. The molecule has 5 rings (SSSR count). The first-order chi connectivity index (χ1) is 12.8. The van der Waals surface area contributed by atoms with Crippen molar-refractivity contribution in [1.29, 1.82) is 0 Å². The van der Waals surface area contributed by atoms with Crippen LogP contribution < -0.4 is 14.4 Å². The molecule has 2 aromatic heterocycles. The Kier molecular flexibility index (Phi) is 3.90. The number of aromatic nitrogens is 2. The van der Waals surface area contributed by atoms with Gasteiger partial charge in [-0.05, 0) is 36.8 Å². The molecule has 1 fully saturated rings. The summed E-state index contributed by atoms with van der Waals surface area (Å²) < 4.78 is 10.9. The molecule has 0 N–H and O–H groups in total. The van der Waals surface area contributed by atoms with E-state index in [1.54, 1.807) is 11.3 Å². The van der Waals surface area contributed by atoms with E-state index >= 15 is 0 Å². The fourth-order valence-electron chi connectivity index (χ4n) is 3.58. The predicted octanol–water partition coefficient (Wildman–Crippen LogP) is 3.30. The van der Waals surface area contributed by atoms with E-state index in [1.807, 2.05) is 24.4 Å². The lowest BCUT2D eigenvalue weighted by Crippen LogP contribution is -2.47. The van der Waals surface area contributed by atoms with Crippen LogP contribution >= 0.6 is 11.3 Å². The van der Waals surface area contributed by atoms with E-state index in [2.05, 4.69) is 33.8 Å². The molecule has 6 nitrogen and oxygen atoms in total. The van der Waals surface area contributed by atoms with Crippen LogP contribution in [0.3, 0.4) is 0 Å². The Labute approximate surface area is 156 Å². The average molecular weight is 368 g/mol. The van der Waals surface area contributed by atoms with E-state index in [4.69, 9.17) is 14.5 Å². The summed E-state index contributed by atoms with van der Waals surface area (Å²) in [5.41, 5.74) is 2.26. The van der Waals surface area contributed by atoms with Gasteiger partial charge < -0.3 is 14.4 Å². The summed E-state index contributed by atoms with van der Waals surface area (Å²) >= 11 is 1.68. The van der Waals surface area contributed by atoms with Gasteiger partial charge in [-0.2, -0.15) is 0 Å². The Bertz CT molecular complexity index is 903. The number of hydrogen-bond acceptors (Lipinski definition) is 7. The van der Waals surface area contributed by atoms with Crippen molar-refractivity contribution in [3.05, 3.63) is 42.1 Å². The number of pyridine rings is 1. The van der Waals surface area contributed by atoms with Crippen molar-refractivity contribution in [3.63, 3.8) is 0 Å². The number of benzene rings is 1. The third kappa shape index (κ3) is 2.77. The van der Waals surface area contributed by atoms with Gasteiger partial charge in [-0.3, -0.25) is 4.90 Å². The molecule has 0 radical (unpaired) electrons. The number of fused-ring (bicyclic) bond motifs is 2. The Morgan fingerprint density at radius 3 is 2.77 bits per heavy atom. The van der Waals surface area contributed by atoms with Crippen LogP contribution in [0.4, 0.5) is 5.13 Å². The zero-order valence-corrected chi connectivity index (χ0v) is 15.4. The van der Waals surface area contributed by atoms with Crippen LogP contribution in [0.15, 0.2) is 36.5 Å². The number of piperazine rings is 1. The Morgan fingerprint density at radius 2 is 1.92 bits per heavy atom. The maximum atomic E-state index is 5.52. The zero-order chi connectivity index (χ0) is 17.5. The average Bonchev–Trinajstić information content (AvgIpc) is 3.33. The topological polar surface area (TPSA) is 50.7 Å². The molecule has 4 heterocycles. The molecule has 3 aromatic rings. The van der Waals surface area contributed by atoms with E-state index in [-0.39, 0.29) is 0 Å². The van der Waals surface area contributed by atoms with Gasteiger partial charge in [-0.15, -0.1) is 0 Å². The minimum absolute atomic E-state index is 0.322.